The van der Waals surface area contributed by atoms with Crippen molar-refractivity contribution in [1.82, 2.24) is 9.97 Å². The molecule has 0 aliphatic carbocycles. The van der Waals surface area contributed by atoms with Gasteiger partial charge in [0.25, 0.3) is 0 Å². The lowest BCUT2D eigenvalue weighted by Crippen LogP contribution is -2.28. The van der Waals surface area contributed by atoms with Crippen LogP contribution in [0, 0.1) is 6.92 Å². The summed E-state index contributed by atoms with van der Waals surface area (Å²) in [6.07, 6.45) is 0.608. The van der Waals surface area contributed by atoms with Gasteiger partial charge in [-0.2, -0.15) is 0 Å². The van der Waals surface area contributed by atoms with Crippen LogP contribution in [0.5, 0.6) is 0 Å². The van der Waals surface area contributed by atoms with Gasteiger partial charge in [-0.05, 0) is 13.3 Å². The van der Waals surface area contributed by atoms with Gasteiger partial charge in [0.1, 0.15) is 17.5 Å². The van der Waals surface area contributed by atoms with Crippen LogP contribution in [0.4, 0.5) is 11.6 Å². The van der Waals surface area contributed by atoms with E-state index >= 15 is 0 Å². The van der Waals surface area contributed by atoms with Crippen molar-refractivity contribution in [2.45, 2.75) is 45.6 Å². The molecule has 1 heterocycles. The highest BCUT2D eigenvalue weighted by Gasteiger charge is 2.22. The molecular weight excluding hydrogens is 268 g/mol. The number of nitrogens with zero attached hydrogens (tertiary/aromatic N) is 2. The lowest BCUT2D eigenvalue weighted by atomic mass is 9.95. The van der Waals surface area contributed by atoms with E-state index < -0.39 is 0 Å². The van der Waals surface area contributed by atoms with Crippen LogP contribution >= 0.6 is 0 Å². The monoisotopic (exact) mass is 296 g/mol. The predicted octanol–water partition coefficient (Wildman–Crippen LogP) is 1.93. The third-order valence-electron chi connectivity index (χ3n) is 3.24. The molecule has 0 aliphatic heterocycles. The van der Waals surface area contributed by atoms with Gasteiger partial charge >= 0.3 is 0 Å². The molecule has 21 heavy (non-hydrogen) atoms. The molecule has 6 heteroatoms. The van der Waals surface area contributed by atoms with Gasteiger partial charge in [-0.1, -0.05) is 20.8 Å². The SMILES string of the molecule is CNc1nc(C(C)(C)C)nc(NC(CCO)COC)c1C. The van der Waals surface area contributed by atoms with E-state index in [4.69, 9.17) is 9.84 Å². The number of aliphatic hydroxyl groups excluding tert-OH is 1. The van der Waals surface area contributed by atoms with E-state index in [0.29, 0.717) is 13.0 Å². The van der Waals surface area contributed by atoms with E-state index in [1.807, 2.05) is 14.0 Å². The Kier molecular flexibility index (Phi) is 6.36. The van der Waals surface area contributed by atoms with Gasteiger partial charge in [-0.3, -0.25) is 0 Å². The molecule has 0 saturated carbocycles. The summed E-state index contributed by atoms with van der Waals surface area (Å²) >= 11 is 0. The quantitative estimate of drug-likeness (QED) is 0.713. The second-order valence-corrected chi connectivity index (χ2v) is 6.18. The largest absolute Gasteiger partial charge is 0.396 e. The Bertz CT molecular complexity index is 452. The third kappa shape index (κ3) is 4.82. The predicted molar refractivity (Wildman–Crippen MR) is 86.0 cm³/mol. The van der Waals surface area contributed by atoms with Crippen LogP contribution in [0.2, 0.25) is 0 Å². The highest BCUT2D eigenvalue weighted by Crippen LogP contribution is 2.26. The summed E-state index contributed by atoms with van der Waals surface area (Å²) < 4.78 is 5.19. The highest BCUT2D eigenvalue weighted by atomic mass is 16.5. The first-order chi connectivity index (χ1) is 9.83. The topological polar surface area (TPSA) is 79.3 Å². The second-order valence-electron chi connectivity index (χ2n) is 6.18. The lowest BCUT2D eigenvalue weighted by molar-refractivity contribution is 0.170. The van der Waals surface area contributed by atoms with Crippen LogP contribution in [0.15, 0.2) is 0 Å². The molecule has 0 aromatic carbocycles. The third-order valence-corrected chi connectivity index (χ3v) is 3.24. The van der Waals surface area contributed by atoms with Gasteiger partial charge in [0, 0.05) is 31.7 Å². The average Bonchev–Trinajstić information content (AvgIpc) is 2.40. The number of ether oxygens (including phenoxy) is 1. The summed E-state index contributed by atoms with van der Waals surface area (Å²) in [7, 11) is 3.50. The Labute approximate surface area is 127 Å². The number of anilines is 2. The molecule has 3 N–H and O–H groups in total. The Hall–Kier alpha value is -1.40. The zero-order valence-electron chi connectivity index (χ0n) is 13.9. The second kappa shape index (κ2) is 7.56. The molecule has 1 atom stereocenters. The van der Waals surface area contributed by atoms with Crippen molar-refractivity contribution in [2.24, 2.45) is 0 Å². The lowest BCUT2D eigenvalue weighted by Gasteiger charge is -2.23. The molecule has 0 amide bonds. The summed E-state index contributed by atoms with van der Waals surface area (Å²) in [5.74, 6) is 2.38. The Morgan fingerprint density at radius 2 is 1.86 bits per heavy atom. The van der Waals surface area contributed by atoms with Gasteiger partial charge in [-0.15, -0.1) is 0 Å². The number of rotatable bonds is 7. The smallest absolute Gasteiger partial charge is 0.138 e. The molecule has 1 aromatic rings. The van der Waals surface area contributed by atoms with Crippen LogP contribution in [0.1, 0.15) is 38.6 Å². The van der Waals surface area contributed by atoms with Crippen molar-refractivity contribution < 1.29 is 9.84 Å². The summed E-state index contributed by atoms with van der Waals surface area (Å²) in [6, 6.07) is 0.0196. The van der Waals surface area contributed by atoms with Crippen LogP contribution in [0.3, 0.4) is 0 Å². The summed E-state index contributed by atoms with van der Waals surface area (Å²) in [5.41, 5.74) is 0.827. The summed E-state index contributed by atoms with van der Waals surface area (Å²) in [5, 5.41) is 15.6. The minimum atomic E-state index is -0.135. The molecule has 1 unspecified atom stereocenters. The van der Waals surface area contributed by atoms with E-state index in [1.54, 1.807) is 7.11 Å². The maximum Gasteiger partial charge on any atom is 0.138 e. The molecule has 0 bridgehead atoms. The van der Waals surface area contributed by atoms with Crippen molar-refractivity contribution in [3.63, 3.8) is 0 Å². The van der Waals surface area contributed by atoms with Crippen molar-refractivity contribution in [2.75, 3.05) is 38.0 Å². The Morgan fingerprint density at radius 1 is 1.24 bits per heavy atom. The molecule has 0 radical (unpaired) electrons. The van der Waals surface area contributed by atoms with Crippen molar-refractivity contribution >= 4 is 11.6 Å². The van der Waals surface area contributed by atoms with Gasteiger partial charge in [0.15, 0.2) is 0 Å². The molecule has 0 spiro atoms. The van der Waals surface area contributed by atoms with Gasteiger partial charge in [0.2, 0.25) is 0 Å². The number of hydrogen-bond donors (Lipinski definition) is 3. The highest BCUT2D eigenvalue weighted by molar-refractivity contribution is 5.57. The minimum Gasteiger partial charge on any atom is -0.396 e. The fourth-order valence-corrected chi connectivity index (χ4v) is 1.98. The maximum atomic E-state index is 9.15. The van der Waals surface area contributed by atoms with Gasteiger partial charge in [-0.25, -0.2) is 9.97 Å². The molecular formula is C15H28N4O2. The number of nitrogens with one attached hydrogen (secondary N) is 2. The van der Waals surface area contributed by atoms with Crippen molar-refractivity contribution in [1.29, 1.82) is 0 Å². The summed E-state index contributed by atoms with van der Waals surface area (Å²) in [6.45, 7) is 8.85. The zero-order valence-corrected chi connectivity index (χ0v) is 13.9. The van der Waals surface area contributed by atoms with E-state index in [-0.39, 0.29) is 18.1 Å². The van der Waals surface area contributed by atoms with Crippen LogP contribution in [-0.4, -0.2) is 48.5 Å². The number of aliphatic hydroxyl groups is 1. The average molecular weight is 296 g/mol. The minimum absolute atomic E-state index is 0.0196. The molecule has 6 nitrogen and oxygen atoms in total. The first kappa shape index (κ1) is 17.7. The first-order valence-electron chi connectivity index (χ1n) is 7.26. The van der Waals surface area contributed by atoms with Gasteiger partial charge in [0.05, 0.1) is 12.6 Å². The zero-order chi connectivity index (χ0) is 16.0. The van der Waals surface area contributed by atoms with Crippen LogP contribution in [-0.2, 0) is 10.2 Å². The fraction of sp³-hybridized carbons (Fsp3) is 0.733. The summed E-state index contributed by atoms with van der Waals surface area (Å²) in [4.78, 5) is 9.24. The molecule has 1 rings (SSSR count). The number of aromatic nitrogens is 2. The maximum absolute atomic E-state index is 9.15. The molecule has 1 aromatic heterocycles. The van der Waals surface area contributed by atoms with E-state index in [2.05, 4.69) is 41.4 Å². The van der Waals surface area contributed by atoms with Gasteiger partial charge < -0.3 is 20.5 Å². The standard InChI is InChI=1S/C15H28N4O2/c1-10-12(16-5)18-14(15(2,3)4)19-13(10)17-11(7-8-20)9-21-6/h11,20H,7-9H2,1-6H3,(H2,16,17,18,19). The molecule has 0 aliphatic rings. The Morgan fingerprint density at radius 3 is 2.33 bits per heavy atom. The normalized spacial score (nSPS) is 13.1. The van der Waals surface area contributed by atoms with Crippen molar-refractivity contribution in [3.05, 3.63) is 11.4 Å². The number of hydrogen-bond acceptors (Lipinski definition) is 6. The molecule has 0 saturated heterocycles. The molecule has 0 fully saturated rings. The van der Waals surface area contributed by atoms with Crippen LogP contribution in [0.25, 0.3) is 0 Å². The van der Waals surface area contributed by atoms with E-state index in [9.17, 15) is 0 Å². The fourth-order valence-electron chi connectivity index (χ4n) is 1.98. The Balaban J connectivity index is 3.14. The van der Waals surface area contributed by atoms with Crippen molar-refractivity contribution in [3.8, 4) is 0 Å². The molecule has 120 valence electrons. The number of methoxy groups -OCH3 is 1. The first-order valence-corrected chi connectivity index (χ1v) is 7.26. The van der Waals surface area contributed by atoms with E-state index in [1.165, 1.54) is 0 Å². The van der Waals surface area contributed by atoms with Crippen LogP contribution < -0.4 is 10.6 Å². The van der Waals surface area contributed by atoms with E-state index in [0.717, 1.165) is 23.0 Å².